The molecule has 3 aromatic carbocycles. The van der Waals surface area contributed by atoms with E-state index in [-0.39, 0.29) is 10.6 Å². The fraction of sp³-hybridized carbons (Fsp3) is 0.125. The van der Waals surface area contributed by atoms with Crippen molar-refractivity contribution in [2.24, 2.45) is 0 Å². The summed E-state index contributed by atoms with van der Waals surface area (Å²) in [6.45, 7) is 4.01. The first-order chi connectivity index (χ1) is 14.8. The van der Waals surface area contributed by atoms with Crippen LogP contribution in [0.15, 0.2) is 71.6 Å². The van der Waals surface area contributed by atoms with E-state index in [4.69, 9.17) is 8.92 Å². The van der Waals surface area contributed by atoms with Gasteiger partial charge in [0, 0.05) is 0 Å². The van der Waals surface area contributed by atoms with Gasteiger partial charge in [0.15, 0.2) is 11.5 Å². The van der Waals surface area contributed by atoms with E-state index in [1.165, 1.54) is 12.1 Å². The highest BCUT2D eigenvalue weighted by atomic mass is 127. The first-order valence-corrected chi connectivity index (χ1v) is 12.0. The number of nitriles is 1. The van der Waals surface area contributed by atoms with E-state index in [0.29, 0.717) is 27.1 Å². The van der Waals surface area contributed by atoms with Gasteiger partial charge in [0.2, 0.25) is 0 Å². The van der Waals surface area contributed by atoms with Gasteiger partial charge in [-0.1, -0.05) is 48.0 Å². The molecule has 0 aliphatic heterocycles. The molecule has 3 rings (SSSR count). The third kappa shape index (κ3) is 5.66. The third-order valence-corrected chi connectivity index (χ3v) is 6.39. The molecule has 0 fully saturated rings. The Hall–Kier alpha value is -2.83. The second-order valence-electron chi connectivity index (χ2n) is 6.65. The van der Waals surface area contributed by atoms with Crippen LogP contribution in [0.2, 0.25) is 0 Å². The van der Waals surface area contributed by atoms with Crippen molar-refractivity contribution in [1.82, 2.24) is 0 Å². The summed E-state index contributed by atoms with van der Waals surface area (Å²) in [6, 6.07) is 21.4. The lowest BCUT2D eigenvalue weighted by Gasteiger charge is -2.15. The molecule has 31 heavy (non-hydrogen) atoms. The van der Waals surface area contributed by atoms with Crippen LogP contribution in [0.5, 0.6) is 11.5 Å². The number of hydrogen-bond donors (Lipinski definition) is 0. The van der Waals surface area contributed by atoms with Gasteiger partial charge >= 0.3 is 10.1 Å². The van der Waals surface area contributed by atoms with Crippen LogP contribution in [0, 0.1) is 21.8 Å². The number of nitrogens with zero attached hydrogens (tertiary/aromatic N) is 1. The molecule has 0 saturated carbocycles. The summed E-state index contributed by atoms with van der Waals surface area (Å²) in [4.78, 5) is 0.0659. The predicted octanol–water partition coefficient (Wildman–Crippen LogP) is 5.83. The maximum Gasteiger partial charge on any atom is 0.339 e. The smallest absolute Gasteiger partial charge is 0.339 e. The van der Waals surface area contributed by atoms with Gasteiger partial charge in [0.25, 0.3) is 0 Å². The molecule has 0 bridgehead atoms. The number of hydrogen-bond acceptors (Lipinski definition) is 5. The molecule has 0 aliphatic carbocycles. The number of ether oxygens (including phenoxy) is 1. The lowest BCUT2D eigenvalue weighted by Crippen LogP contribution is -2.12. The van der Waals surface area contributed by atoms with Crippen LogP contribution >= 0.6 is 22.6 Å². The molecule has 5 nitrogen and oxygen atoms in total. The highest BCUT2D eigenvalue weighted by Gasteiger charge is 2.22. The molecular formula is C24H20INO4S. The number of benzene rings is 3. The fourth-order valence-corrected chi connectivity index (χ4v) is 4.68. The van der Waals surface area contributed by atoms with Crippen molar-refractivity contribution >= 4 is 44.4 Å². The van der Waals surface area contributed by atoms with E-state index in [9.17, 15) is 13.7 Å². The van der Waals surface area contributed by atoms with Gasteiger partial charge in [-0.2, -0.15) is 13.7 Å². The molecule has 0 saturated heterocycles. The van der Waals surface area contributed by atoms with Crippen molar-refractivity contribution in [3.63, 3.8) is 0 Å². The van der Waals surface area contributed by atoms with E-state index < -0.39 is 10.1 Å². The van der Waals surface area contributed by atoms with E-state index in [0.717, 1.165) is 11.1 Å². The molecule has 0 heterocycles. The number of allylic oxidation sites excluding steroid dienone is 1. The lowest BCUT2D eigenvalue weighted by atomic mass is 10.0. The second-order valence-corrected chi connectivity index (χ2v) is 9.36. The normalized spacial score (nSPS) is 11.6. The molecule has 0 spiro atoms. The average Bonchev–Trinajstić information content (AvgIpc) is 2.75. The molecule has 0 radical (unpaired) electrons. The Balaban J connectivity index is 2.02. The SMILES string of the molecule is CCOc1cc(/C=C(\C#N)c2ccccc2)cc(I)c1OS(=O)(=O)c1ccc(C)cc1. The van der Waals surface area contributed by atoms with Gasteiger partial charge in [-0.3, -0.25) is 0 Å². The molecule has 0 atom stereocenters. The van der Waals surface area contributed by atoms with Gasteiger partial charge in [0.1, 0.15) is 4.90 Å². The Kier molecular flexibility index (Phi) is 7.36. The highest BCUT2D eigenvalue weighted by molar-refractivity contribution is 14.1. The Morgan fingerprint density at radius 2 is 1.77 bits per heavy atom. The molecule has 3 aromatic rings. The fourth-order valence-electron chi connectivity index (χ4n) is 2.84. The molecule has 158 valence electrons. The van der Waals surface area contributed by atoms with Crippen LogP contribution < -0.4 is 8.92 Å². The van der Waals surface area contributed by atoms with Crippen LogP contribution in [0.4, 0.5) is 0 Å². The topological polar surface area (TPSA) is 76.4 Å². The first kappa shape index (κ1) is 22.8. The summed E-state index contributed by atoms with van der Waals surface area (Å²) in [5.74, 6) is 0.417. The predicted molar refractivity (Wildman–Crippen MR) is 129 cm³/mol. The first-order valence-electron chi connectivity index (χ1n) is 9.48. The van der Waals surface area contributed by atoms with Crippen LogP contribution in [0.25, 0.3) is 11.6 Å². The number of rotatable bonds is 7. The monoisotopic (exact) mass is 545 g/mol. The summed E-state index contributed by atoms with van der Waals surface area (Å²) in [5, 5.41) is 9.58. The molecule has 0 N–H and O–H groups in total. The van der Waals surface area contributed by atoms with Gasteiger partial charge in [0.05, 0.1) is 21.8 Å². The minimum Gasteiger partial charge on any atom is -0.490 e. The van der Waals surface area contributed by atoms with Crippen molar-refractivity contribution in [3.05, 3.63) is 87.0 Å². The summed E-state index contributed by atoms with van der Waals surface area (Å²) in [6.07, 6.45) is 1.73. The molecular weight excluding hydrogens is 525 g/mol. The molecule has 0 amide bonds. The van der Waals surface area contributed by atoms with E-state index in [1.54, 1.807) is 37.3 Å². The minimum absolute atomic E-state index is 0.0659. The quantitative estimate of drug-likeness (QED) is 0.162. The summed E-state index contributed by atoms with van der Waals surface area (Å²) < 4.78 is 37.3. The van der Waals surface area contributed by atoms with Crippen molar-refractivity contribution < 1.29 is 17.3 Å². The van der Waals surface area contributed by atoms with Gasteiger partial charge < -0.3 is 8.92 Å². The second kappa shape index (κ2) is 9.98. The standard InChI is InChI=1S/C24H20INO4S/c1-3-29-23-15-18(13-20(16-26)19-7-5-4-6-8-19)14-22(25)24(23)30-31(27,28)21-11-9-17(2)10-12-21/h4-15H,3H2,1-2H3/b20-13+. The molecule has 0 aliphatic rings. The zero-order valence-electron chi connectivity index (χ0n) is 17.0. The van der Waals surface area contributed by atoms with Gasteiger partial charge in [-0.05, 0) is 77.9 Å². The van der Waals surface area contributed by atoms with Crippen LogP contribution in [-0.2, 0) is 10.1 Å². The van der Waals surface area contributed by atoms with Crippen molar-refractivity contribution in [2.75, 3.05) is 6.61 Å². The number of aryl methyl sites for hydroxylation is 1. The van der Waals surface area contributed by atoms with E-state index in [1.807, 2.05) is 59.8 Å². The summed E-state index contributed by atoms with van der Waals surface area (Å²) >= 11 is 2.01. The Morgan fingerprint density at radius 1 is 1.10 bits per heavy atom. The maximum atomic E-state index is 12.8. The Morgan fingerprint density at radius 3 is 2.39 bits per heavy atom. The lowest BCUT2D eigenvalue weighted by molar-refractivity contribution is 0.327. The van der Waals surface area contributed by atoms with Crippen molar-refractivity contribution in [1.29, 1.82) is 5.26 Å². The highest BCUT2D eigenvalue weighted by Crippen LogP contribution is 2.37. The van der Waals surface area contributed by atoms with E-state index in [2.05, 4.69) is 6.07 Å². The number of halogens is 1. The maximum absolute atomic E-state index is 12.8. The molecule has 0 unspecified atom stereocenters. The zero-order valence-corrected chi connectivity index (χ0v) is 20.0. The van der Waals surface area contributed by atoms with Crippen LogP contribution in [0.1, 0.15) is 23.6 Å². The largest absolute Gasteiger partial charge is 0.490 e. The minimum atomic E-state index is -4.03. The molecule has 0 aromatic heterocycles. The molecule has 7 heteroatoms. The van der Waals surface area contributed by atoms with Gasteiger partial charge in [-0.25, -0.2) is 0 Å². The average molecular weight is 545 g/mol. The Bertz CT molecular complexity index is 1250. The zero-order chi connectivity index (χ0) is 22.4. The third-order valence-electron chi connectivity index (χ3n) is 4.35. The van der Waals surface area contributed by atoms with Crippen LogP contribution in [0.3, 0.4) is 0 Å². The van der Waals surface area contributed by atoms with Gasteiger partial charge in [-0.15, -0.1) is 0 Å². The van der Waals surface area contributed by atoms with Crippen molar-refractivity contribution in [2.45, 2.75) is 18.7 Å². The summed E-state index contributed by atoms with van der Waals surface area (Å²) in [5.41, 5.74) is 2.93. The van der Waals surface area contributed by atoms with Crippen LogP contribution in [-0.4, -0.2) is 15.0 Å². The van der Waals surface area contributed by atoms with Crippen molar-refractivity contribution in [3.8, 4) is 17.6 Å². The summed E-state index contributed by atoms with van der Waals surface area (Å²) in [7, 11) is -4.03. The van der Waals surface area contributed by atoms with E-state index >= 15 is 0 Å². The Labute approximate surface area is 196 Å².